The first-order valence-electron chi connectivity index (χ1n) is 11.7. The summed E-state index contributed by atoms with van der Waals surface area (Å²) in [6.45, 7) is 1.95. The van der Waals surface area contributed by atoms with Crippen molar-refractivity contribution < 1.29 is 4.79 Å². The highest BCUT2D eigenvalue weighted by molar-refractivity contribution is 8.00. The Morgan fingerprint density at radius 3 is 2.57 bits per heavy atom. The molecule has 0 aromatic carbocycles. The largest absolute Gasteiger partial charge is 0.352 e. The first-order valence-corrected chi connectivity index (χ1v) is 13.3. The van der Waals surface area contributed by atoms with E-state index in [1.165, 1.54) is 54.3 Å². The van der Waals surface area contributed by atoms with Crippen LogP contribution in [-0.2, 0) is 17.6 Å². The summed E-state index contributed by atoms with van der Waals surface area (Å²) < 4.78 is 1.96. The Morgan fingerprint density at radius 2 is 1.80 bits per heavy atom. The van der Waals surface area contributed by atoms with Gasteiger partial charge in [0.2, 0.25) is 5.91 Å². The lowest BCUT2D eigenvalue weighted by Gasteiger charge is -2.21. The van der Waals surface area contributed by atoms with E-state index >= 15 is 0 Å². The lowest BCUT2D eigenvalue weighted by molar-refractivity contribution is -0.120. The van der Waals surface area contributed by atoms with Crippen molar-refractivity contribution in [2.24, 2.45) is 0 Å². The van der Waals surface area contributed by atoms with Gasteiger partial charge in [0.25, 0.3) is 5.56 Å². The zero-order valence-corrected chi connectivity index (χ0v) is 19.4. The van der Waals surface area contributed by atoms with Crippen molar-refractivity contribution in [3.05, 3.63) is 20.8 Å². The molecule has 0 aliphatic heterocycles. The van der Waals surface area contributed by atoms with Crippen LogP contribution in [0.3, 0.4) is 0 Å². The highest BCUT2D eigenvalue weighted by Gasteiger charge is 2.29. The summed E-state index contributed by atoms with van der Waals surface area (Å²) in [4.78, 5) is 33.8. The molecule has 1 N–H and O–H groups in total. The number of thioether (sulfide) groups is 1. The van der Waals surface area contributed by atoms with Crippen molar-refractivity contribution in [2.45, 2.75) is 106 Å². The molecule has 2 fully saturated rings. The zero-order valence-electron chi connectivity index (χ0n) is 17.7. The van der Waals surface area contributed by atoms with E-state index < -0.39 is 0 Å². The van der Waals surface area contributed by atoms with Gasteiger partial charge in [0.15, 0.2) is 5.16 Å². The maximum Gasteiger partial charge on any atom is 0.263 e. The summed E-state index contributed by atoms with van der Waals surface area (Å²) in [7, 11) is 0. The van der Waals surface area contributed by atoms with Crippen LogP contribution in [0.1, 0.15) is 87.6 Å². The van der Waals surface area contributed by atoms with Crippen LogP contribution in [0.25, 0.3) is 10.2 Å². The van der Waals surface area contributed by atoms with Gasteiger partial charge >= 0.3 is 0 Å². The van der Waals surface area contributed by atoms with Crippen LogP contribution >= 0.6 is 23.1 Å². The third-order valence-electron chi connectivity index (χ3n) is 7.03. The molecular formula is C23H31N3O2S2. The van der Waals surface area contributed by atoms with Crippen LogP contribution in [0.4, 0.5) is 0 Å². The van der Waals surface area contributed by atoms with Gasteiger partial charge in [-0.05, 0) is 63.9 Å². The molecule has 1 atom stereocenters. The van der Waals surface area contributed by atoms with Crippen molar-refractivity contribution in [1.82, 2.24) is 14.9 Å². The van der Waals surface area contributed by atoms with Crippen LogP contribution in [0, 0.1) is 0 Å². The number of hydrogen-bond donors (Lipinski definition) is 1. The average Bonchev–Trinajstić information content (AvgIpc) is 3.48. The number of rotatable bonds is 5. The first kappa shape index (κ1) is 20.6. The van der Waals surface area contributed by atoms with Crippen LogP contribution < -0.4 is 10.9 Å². The molecule has 3 aliphatic carbocycles. The highest BCUT2D eigenvalue weighted by atomic mass is 32.2. The molecule has 7 heteroatoms. The Kier molecular flexibility index (Phi) is 5.93. The first-order chi connectivity index (χ1) is 14.6. The van der Waals surface area contributed by atoms with Crippen LogP contribution in [0.15, 0.2) is 9.95 Å². The number of aryl methyl sites for hydroxylation is 2. The zero-order chi connectivity index (χ0) is 20.7. The smallest absolute Gasteiger partial charge is 0.263 e. The summed E-state index contributed by atoms with van der Waals surface area (Å²) in [5, 5.41) is 4.57. The van der Waals surface area contributed by atoms with Gasteiger partial charge in [-0.2, -0.15) is 0 Å². The molecule has 0 saturated heterocycles. The van der Waals surface area contributed by atoms with E-state index in [1.807, 2.05) is 11.5 Å². The molecular weight excluding hydrogens is 414 g/mol. The summed E-state index contributed by atoms with van der Waals surface area (Å²) >= 11 is 3.17. The van der Waals surface area contributed by atoms with Gasteiger partial charge < -0.3 is 5.32 Å². The monoisotopic (exact) mass is 445 g/mol. The van der Waals surface area contributed by atoms with E-state index in [1.54, 1.807) is 11.3 Å². The Morgan fingerprint density at radius 1 is 1.10 bits per heavy atom. The number of fused-ring (bicyclic) bond motifs is 3. The minimum atomic E-state index is -0.253. The van der Waals surface area contributed by atoms with Gasteiger partial charge in [0.05, 0.1) is 10.6 Å². The molecule has 0 radical (unpaired) electrons. The number of amides is 1. The molecule has 30 heavy (non-hydrogen) atoms. The van der Waals surface area contributed by atoms with Gasteiger partial charge in [-0.15, -0.1) is 11.3 Å². The van der Waals surface area contributed by atoms with Crippen molar-refractivity contribution in [3.63, 3.8) is 0 Å². The Labute approximate surface area is 186 Å². The van der Waals surface area contributed by atoms with Gasteiger partial charge in [-0.25, -0.2) is 4.98 Å². The number of hydrogen-bond acceptors (Lipinski definition) is 5. The van der Waals surface area contributed by atoms with E-state index in [-0.39, 0.29) is 22.8 Å². The maximum atomic E-state index is 13.7. The summed E-state index contributed by atoms with van der Waals surface area (Å²) in [5.74, 6) is 0.0738. The Balaban J connectivity index is 1.50. The van der Waals surface area contributed by atoms with Gasteiger partial charge in [-0.3, -0.25) is 14.2 Å². The molecule has 5 nitrogen and oxygen atoms in total. The third-order valence-corrected chi connectivity index (χ3v) is 9.28. The molecule has 162 valence electrons. The van der Waals surface area contributed by atoms with E-state index in [4.69, 9.17) is 4.98 Å². The molecule has 2 heterocycles. The number of nitrogens with one attached hydrogen (secondary N) is 1. The topological polar surface area (TPSA) is 64.0 Å². The fourth-order valence-corrected chi connectivity index (χ4v) is 7.66. The molecule has 3 aliphatic rings. The normalized spacial score (nSPS) is 21.2. The molecule has 1 unspecified atom stereocenters. The van der Waals surface area contributed by atoms with Crippen molar-refractivity contribution >= 4 is 39.2 Å². The SMILES string of the molecule is CC(Sc1nc2sc3c(c2c(=O)n1C1CCCC1)CCCC3)C(=O)NC1CCCC1. The van der Waals surface area contributed by atoms with E-state index in [9.17, 15) is 9.59 Å². The maximum absolute atomic E-state index is 13.7. The standard InChI is InChI=1S/C23H31N3O2S2/c1-14(20(27)24-15-8-2-3-9-15)29-23-25-21-19(17-12-6-7-13-18(17)30-21)22(28)26(23)16-10-4-5-11-16/h14-16H,2-13H2,1H3,(H,24,27). The quantitative estimate of drug-likeness (QED) is 0.520. The number of carbonyl (C=O) groups is 1. The van der Waals surface area contributed by atoms with E-state index in [0.717, 1.165) is 60.3 Å². The van der Waals surface area contributed by atoms with Crippen LogP contribution in [0.2, 0.25) is 0 Å². The lowest BCUT2D eigenvalue weighted by Crippen LogP contribution is -2.38. The number of nitrogens with zero attached hydrogens (tertiary/aromatic N) is 2. The van der Waals surface area contributed by atoms with Gasteiger partial charge in [0, 0.05) is 17.0 Å². The minimum absolute atomic E-state index is 0.0738. The Bertz CT molecular complexity index is 1000. The van der Waals surface area contributed by atoms with Gasteiger partial charge in [0.1, 0.15) is 4.83 Å². The molecule has 5 rings (SSSR count). The third kappa shape index (κ3) is 3.83. The predicted molar refractivity (Wildman–Crippen MR) is 124 cm³/mol. The summed E-state index contributed by atoms with van der Waals surface area (Å²) in [6.07, 6.45) is 13.4. The van der Waals surface area contributed by atoms with Crippen molar-refractivity contribution in [3.8, 4) is 0 Å². The second kappa shape index (κ2) is 8.65. The second-order valence-corrected chi connectivity index (χ2v) is 11.5. The molecule has 1 amide bonds. The molecule has 2 saturated carbocycles. The lowest BCUT2D eigenvalue weighted by atomic mass is 9.97. The number of carbonyl (C=O) groups excluding carboxylic acids is 1. The molecule has 0 bridgehead atoms. The molecule has 0 spiro atoms. The molecule has 2 aromatic heterocycles. The summed E-state index contributed by atoms with van der Waals surface area (Å²) in [5.41, 5.74) is 1.39. The fraction of sp³-hybridized carbons (Fsp3) is 0.696. The highest BCUT2D eigenvalue weighted by Crippen LogP contribution is 2.38. The fourth-order valence-electron chi connectivity index (χ4n) is 5.37. The average molecular weight is 446 g/mol. The summed E-state index contributed by atoms with van der Waals surface area (Å²) in [6, 6.07) is 0.540. The van der Waals surface area contributed by atoms with Crippen molar-refractivity contribution in [2.75, 3.05) is 0 Å². The minimum Gasteiger partial charge on any atom is -0.352 e. The number of thiophene rings is 1. The predicted octanol–water partition coefficient (Wildman–Crippen LogP) is 4.99. The Hall–Kier alpha value is -1.34. The second-order valence-electron chi connectivity index (χ2n) is 9.15. The molecule has 2 aromatic rings. The van der Waals surface area contributed by atoms with Gasteiger partial charge in [-0.1, -0.05) is 37.4 Å². The van der Waals surface area contributed by atoms with E-state index in [2.05, 4.69) is 5.32 Å². The van der Waals surface area contributed by atoms with Crippen LogP contribution in [0.5, 0.6) is 0 Å². The van der Waals surface area contributed by atoms with E-state index in [0.29, 0.717) is 6.04 Å². The van der Waals surface area contributed by atoms with Crippen LogP contribution in [-0.4, -0.2) is 26.8 Å². The van der Waals surface area contributed by atoms with Crippen molar-refractivity contribution in [1.29, 1.82) is 0 Å². The number of aromatic nitrogens is 2.